The molecule has 4 heteroatoms. The average molecular weight is 354 g/mol. The number of nitrogens with one attached hydrogen (secondary N) is 2. The topological polar surface area (TPSA) is 65.7 Å². The number of rotatable bonds is 2. The number of H-pyrrole nitrogens is 2. The first-order valence-electron chi connectivity index (χ1n) is 9.02. The number of aromatic nitrogens is 2. The fourth-order valence-corrected chi connectivity index (χ4v) is 4.33. The van der Waals surface area contributed by atoms with E-state index in [2.05, 4.69) is 9.97 Å². The first-order chi connectivity index (χ1) is 13.1. The van der Waals surface area contributed by atoms with Gasteiger partial charge in [-0.1, -0.05) is 36.4 Å². The van der Waals surface area contributed by atoms with Gasteiger partial charge in [0, 0.05) is 55.5 Å². The van der Waals surface area contributed by atoms with Crippen LogP contribution in [0, 0.1) is 13.8 Å². The Morgan fingerprint density at radius 2 is 1.07 bits per heavy atom. The van der Waals surface area contributed by atoms with E-state index in [1.165, 1.54) is 0 Å². The minimum Gasteiger partial charge on any atom is -0.358 e. The monoisotopic (exact) mass is 354 g/mol. The Balaban J connectivity index is 1.91. The quantitative estimate of drug-likeness (QED) is 0.512. The molecule has 1 aliphatic rings. The molecule has 4 nitrogen and oxygen atoms in total. The maximum absolute atomic E-state index is 12.9. The number of hydrogen-bond donors (Lipinski definition) is 2. The number of allylic oxidation sites excluding steroid dienone is 2. The smallest absolute Gasteiger partial charge is 0.172 e. The summed E-state index contributed by atoms with van der Waals surface area (Å²) in [7, 11) is 0. The lowest BCUT2D eigenvalue weighted by Crippen LogP contribution is -1.97. The SMILES string of the molecule is Cc1[nH]c2ccccc2c1C1=C(c2c(C)[nH]c3ccccc23)C(=O)CC1=O. The second kappa shape index (κ2) is 5.55. The molecule has 2 aromatic heterocycles. The molecule has 5 rings (SSSR count). The van der Waals surface area contributed by atoms with Crippen LogP contribution in [0.2, 0.25) is 0 Å². The Bertz CT molecular complexity index is 1200. The van der Waals surface area contributed by atoms with Crippen LogP contribution in [0.1, 0.15) is 28.9 Å². The summed E-state index contributed by atoms with van der Waals surface area (Å²) in [5, 5.41) is 1.95. The number of aryl methyl sites for hydroxylation is 2. The lowest BCUT2D eigenvalue weighted by molar-refractivity contribution is -0.119. The van der Waals surface area contributed by atoms with Gasteiger partial charge in [-0.25, -0.2) is 0 Å². The normalized spacial score (nSPS) is 14.9. The van der Waals surface area contributed by atoms with Crippen molar-refractivity contribution in [1.82, 2.24) is 9.97 Å². The highest BCUT2D eigenvalue weighted by Gasteiger charge is 2.36. The van der Waals surface area contributed by atoms with Gasteiger partial charge in [-0.15, -0.1) is 0 Å². The van der Waals surface area contributed by atoms with Gasteiger partial charge in [0.15, 0.2) is 11.6 Å². The molecule has 0 atom stereocenters. The predicted molar refractivity (Wildman–Crippen MR) is 108 cm³/mol. The Hall–Kier alpha value is -3.40. The molecule has 132 valence electrons. The summed E-state index contributed by atoms with van der Waals surface area (Å²) in [5.41, 5.74) is 6.54. The van der Waals surface area contributed by atoms with Crippen molar-refractivity contribution in [2.75, 3.05) is 0 Å². The van der Waals surface area contributed by atoms with Crippen molar-refractivity contribution in [2.24, 2.45) is 0 Å². The van der Waals surface area contributed by atoms with Crippen LogP contribution in [-0.2, 0) is 9.59 Å². The number of fused-ring (bicyclic) bond motifs is 2. The molecule has 0 unspecified atom stereocenters. The lowest BCUT2D eigenvalue weighted by atomic mass is 9.93. The molecule has 2 heterocycles. The van der Waals surface area contributed by atoms with E-state index >= 15 is 0 Å². The Kier molecular flexibility index (Phi) is 3.25. The van der Waals surface area contributed by atoms with Gasteiger partial charge in [0.25, 0.3) is 0 Å². The van der Waals surface area contributed by atoms with Crippen LogP contribution >= 0.6 is 0 Å². The van der Waals surface area contributed by atoms with Gasteiger partial charge >= 0.3 is 0 Å². The lowest BCUT2D eigenvalue weighted by Gasteiger charge is -2.07. The highest BCUT2D eigenvalue weighted by Crippen LogP contribution is 2.42. The first-order valence-corrected chi connectivity index (χ1v) is 9.02. The van der Waals surface area contributed by atoms with Crippen molar-refractivity contribution in [3.05, 3.63) is 71.0 Å². The Labute approximate surface area is 155 Å². The third-order valence-corrected chi connectivity index (χ3v) is 5.42. The van der Waals surface area contributed by atoms with E-state index in [0.717, 1.165) is 44.3 Å². The molecule has 0 radical (unpaired) electrons. The summed E-state index contributed by atoms with van der Waals surface area (Å²) in [6.45, 7) is 3.91. The highest BCUT2D eigenvalue weighted by atomic mass is 16.2. The zero-order valence-electron chi connectivity index (χ0n) is 15.1. The molecule has 0 saturated heterocycles. The predicted octanol–water partition coefficient (Wildman–Crippen LogP) is 4.72. The van der Waals surface area contributed by atoms with Gasteiger partial charge in [0.1, 0.15) is 0 Å². The van der Waals surface area contributed by atoms with E-state index in [1.807, 2.05) is 62.4 Å². The Morgan fingerprint density at radius 1 is 0.667 bits per heavy atom. The van der Waals surface area contributed by atoms with Gasteiger partial charge in [0.2, 0.25) is 0 Å². The molecule has 0 aliphatic heterocycles. The van der Waals surface area contributed by atoms with E-state index < -0.39 is 0 Å². The second-order valence-corrected chi connectivity index (χ2v) is 7.11. The fourth-order valence-electron chi connectivity index (χ4n) is 4.33. The van der Waals surface area contributed by atoms with Crippen LogP contribution in [0.3, 0.4) is 0 Å². The van der Waals surface area contributed by atoms with E-state index in [0.29, 0.717) is 11.1 Å². The van der Waals surface area contributed by atoms with Crippen molar-refractivity contribution < 1.29 is 9.59 Å². The summed E-state index contributed by atoms with van der Waals surface area (Å²) >= 11 is 0. The van der Waals surface area contributed by atoms with Gasteiger partial charge in [-0.2, -0.15) is 0 Å². The number of carbonyl (C=O) groups excluding carboxylic acids is 2. The molecule has 2 N–H and O–H groups in total. The molecule has 0 bridgehead atoms. The summed E-state index contributed by atoms with van der Waals surface area (Å²) in [6.07, 6.45) is -0.0669. The largest absolute Gasteiger partial charge is 0.358 e. The van der Waals surface area contributed by atoms with Gasteiger partial charge in [-0.05, 0) is 26.0 Å². The number of aromatic amines is 2. The van der Waals surface area contributed by atoms with Crippen LogP contribution in [-0.4, -0.2) is 21.5 Å². The molecule has 1 aliphatic carbocycles. The van der Waals surface area contributed by atoms with E-state index in [-0.39, 0.29) is 18.0 Å². The van der Waals surface area contributed by atoms with Crippen molar-refractivity contribution in [3.8, 4) is 0 Å². The van der Waals surface area contributed by atoms with Crippen LogP contribution in [0.15, 0.2) is 48.5 Å². The fraction of sp³-hybridized carbons (Fsp3) is 0.130. The summed E-state index contributed by atoms with van der Waals surface area (Å²) in [6, 6.07) is 15.8. The minimum atomic E-state index is -0.104. The van der Waals surface area contributed by atoms with Crippen LogP contribution in [0.5, 0.6) is 0 Å². The number of Topliss-reactive ketones (excluding diaryl/α,β-unsaturated/α-hetero) is 2. The molecule has 0 amide bonds. The van der Waals surface area contributed by atoms with Gasteiger partial charge in [0.05, 0.1) is 6.42 Å². The van der Waals surface area contributed by atoms with E-state index in [1.54, 1.807) is 0 Å². The average Bonchev–Trinajstić information content (AvgIpc) is 3.24. The Morgan fingerprint density at radius 3 is 1.52 bits per heavy atom. The summed E-state index contributed by atoms with van der Waals surface area (Å²) in [4.78, 5) is 32.6. The standard InChI is InChI=1S/C23H18N2O2/c1-12-20(14-7-3-5-9-16(14)24-12)22-18(26)11-19(27)23(22)21-13(2)25-17-10-6-4-8-15(17)21/h3-10,24-25H,11H2,1-2H3. The number of carbonyl (C=O) groups is 2. The second-order valence-electron chi connectivity index (χ2n) is 7.11. The molecule has 2 aromatic carbocycles. The van der Waals surface area contributed by atoms with Crippen molar-refractivity contribution in [1.29, 1.82) is 0 Å². The number of para-hydroxylation sites is 2. The van der Waals surface area contributed by atoms with E-state index in [9.17, 15) is 9.59 Å². The maximum Gasteiger partial charge on any atom is 0.172 e. The van der Waals surface area contributed by atoms with Crippen LogP contribution < -0.4 is 0 Å². The molecule has 0 spiro atoms. The van der Waals surface area contributed by atoms with E-state index in [4.69, 9.17) is 0 Å². The van der Waals surface area contributed by atoms with Crippen molar-refractivity contribution >= 4 is 44.5 Å². The molecule has 4 aromatic rings. The maximum atomic E-state index is 12.9. The summed E-state index contributed by atoms with van der Waals surface area (Å²) in [5.74, 6) is -0.208. The number of hydrogen-bond acceptors (Lipinski definition) is 2. The van der Waals surface area contributed by atoms with Crippen molar-refractivity contribution in [3.63, 3.8) is 0 Å². The minimum absolute atomic E-state index is 0.0669. The molecule has 0 fully saturated rings. The highest BCUT2D eigenvalue weighted by molar-refractivity contribution is 6.52. The van der Waals surface area contributed by atoms with Crippen LogP contribution in [0.25, 0.3) is 33.0 Å². The molecule has 27 heavy (non-hydrogen) atoms. The molecule has 0 saturated carbocycles. The number of benzene rings is 2. The molecular weight excluding hydrogens is 336 g/mol. The zero-order valence-corrected chi connectivity index (χ0v) is 15.1. The van der Waals surface area contributed by atoms with Gasteiger partial charge in [-0.3, -0.25) is 9.59 Å². The first kappa shape index (κ1) is 15.8. The van der Waals surface area contributed by atoms with Gasteiger partial charge < -0.3 is 9.97 Å². The number of ketones is 2. The third kappa shape index (κ3) is 2.16. The van der Waals surface area contributed by atoms with Crippen molar-refractivity contribution in [2.45, 2.75) is 20.3 Å². The van der Waals surface area contributed by atoms with Crippen LogP contribution in [0.4, 0.5) is 0 Å². The zero-order chi connectivity index (χ0) is 18.7. The third-order valence-electron chi connectivity index (χ3n) is 5.42. The molecular formula is C23H18N2O2. The summed E-state index contributed by atoms with van der Waals surface area (Å²) < 4.78 is 0.